The lowest BCUT2D eigenvalue weighted by Crippen LogP contribution is -2.37. The van der Waals surface area contributed by atoms with Gasteiger partial charge >= 0.3 is 0 Å². The zero-order chi connectivity index (χ0) is 25.3. The molecular weight excluding hydrogens is 463 g/mol. The predicted octanol–water partition coefficient (Wildman–Crippen LogP) is 3.31. The first-order valence-electron chi connectivity index (χ1n) is 10.4. The Balaban J connectivity index is 0.00000199. The van der Waals surface area contributed by atoms with Gasteiger partial charge in [0.15, 0.2) is 5.84 Å². The van der Waals surface area contributed by atoms with E-state index in [2.05, 4.69) is 15.4 Å². The van der Waals surface area contributed by atoms with Gasteiger partial charge in [-0.3, -0.25) is 14.2 Å². The lowest BCUT2D eigenvalue weighted by molar-refractivity contribution is -0.129. The fourth-order valence-corrected chi connectivity index (χ4v) is 4.16. The highest BCUT2D eigenvalue weighted by atomic mass is 32.2. The molecule has 0 bridgehead atoms. The van der Waals surface area contributed by atoms with Crippen molar-refractivity contribution in [1.82, 2.24) is 5.48 Å². The van der Waals surface area contributed by atoms with Gasteiger partial charge in [0, 0.05) is 46.6 Å². The smallest absolute Gasteiger partial charge is 0.259 e. The molecule has 5 N–H and O–H groups in total. The molecule has 1 amide bonds. The van der Waals surface area contributed by atoms with Crippen LogP contribution in [0.2, 0.25) is 0 Å². The van der Waals surface area contributed by atoms with Crippen molar-refractivity contribution in [3.05, 3.63) is 59.4 Å². The second-order valence-corrected chi connectivity index (χ2v) is 8.57. The molecule has 34 heavy (non-hydrogen) atoms. The molecule has 0 radical (unpaired) electrons. The molecule has 0 spiro atoms. The number of carbonyl (C=O) groups is 1. The van der Waals surface area contributed by atoms with Crippen molar-refractivity contribution in [2.45, 2.75) is 38.0 Å². The normalized spacial score (nSPS) is 16.9. The second kappa shape index (κ2) is 12.7. The molecule has 3 atom stereocenters. The lowest BCUT2D eigenvalue weighted by atomic mass is 9.98. The Bertz CT molecular complexity index is 1110. The molecule has 1 aliphatic heterocycles. The Morgan fingerprint density at radius 1 is 1.32 bits per heavy atom. The Kier molecular flexibility index (Phi) is 9.95. The van der Waals surface area contributed by atoms with Crippen LogP contribution in [0, 0.1) is 11.3 Å². The van der Waals surface area contributed by atoms with E-state index in [9.17, 15) is 13.4 Å². The summed E-state index contributed by atoms with van der Waals surface area (Å²) < 4.78 is 26.6. The number of nitrogens with zero attached hydrogens (tertiary/aromatic N) is 3. The minimum atomic E-state index is -1.51. The molecule has 2 aromatic rings. The fourth-order valence-electron chi connectivity index (χ4n) is 3.32. The average molecular weight is 491 g/mol. The number of amidine groups is 1. The number of benzene rings is 2. The van der Waals surface area contributed by atoms with E-state index in [1.807, 2.05) is 13.8 Å². The summed E-state index contributed by atoms with van der Waals surface area (Å²) in [6.45, 7) is 4.00. The fraction of sp³-hybridized carbons (Fsp3) is 0.318. The topological polar surface area (TPSA) is 163 Å². The quantitative estimate of drug-likeness (QED) is 0.117. The molecule has 2 aromatic carbocycles. The van der Waals surface area contributed by atoms with Gasteiger partial charge in [0.1, 0.15) is 17.2 Å². The standard InChI is InChI=1S/C20H21FN6O4S.C2H6/c1-32(30)18(20(28)26-29)10-14-9-17(27-31-14)13-6-7-15(16(21)8-13)11-2-4-12(5-3-11)19(24-22)25-23;1-2/h2-8,14,18,22,29H,9-10,23H2,1H3,(H,26,28);1-2H3/b24-22?,25-19-;/t14-,18?,32?;/m1./s1. The summed E-state index contributed by atoms with van der Waals surface area (Å²) in [7, 11) is -1.51. The third-order valence-corrected chi connectivity index (χ3v) is 6.21. The minimum absolute atomic E-state index is 0.0618. The first kappa shape index (κ1) is 26.7. The third kappa shape index (κ3) is 6.29. The molecule has 3 rings (SSSR count). The monoisotopic (exact) mass is 490 g/mol. The van der Waals surface area contributed by atoms with E-state index in [4.69, 9.17) is 21.4 Å². The Labute approximate surface area is 199 Å². The van der Waals surface area contributed by atoms with Crippen molar-refractivity contribution in [1.29, 1.82) is 5.53 Å². The molecule has 10 nitrogen and oxygen atoms in total. The van der Waals surface area contributed by atoms with Crippen molar-refractivity contribution >= 4 is 28.3 Å². The molecule has 0 saturated heterocycles. The Hall–Kier alpha value is -3.51. The summed E-state index contributed by atoms with van der Waals surface area (Å²) in [5.41, 5.74) is 11.1. The number of hydroxylamine groups is 1. The zero-order valence-electron chi connectivity index (χ0n) is 19.0. The van der Waals surface area contributed by atoms with E-state index < -0.39 is 33.9 Å². The Morgan fingerprint density at radius 2 is 1.97 bits per heavy atom. The molecule has 0 saturated carbocycles. The molecule has 182 valence electrons. The van der Waals surface area contributed by atoms with Crippen LogP contribution in [0.4, 0.5) is 4.39 Å². The zero-order valence-corrected chi connectivity index (χ0v) is 19.8. The van der Waals surface area contributed by atoms with Gasteiger partial charge in [-0.1, -0.05) is 55.4 Å². The van der Waals surface area contributed by atoms with Crippen LogP contribution in [-0.2, 0) is 20.4 Å². The number of rotatable bonds is 7. The molecule has 1 heterocycles. The molecule has 0 aliphatic carbocycles. The van der Waals surface area contributed by atoms with Crippen molar-refractivity contribution < 1.29 is 23.4 Å². The largest absolute Gasteiger partial charge is 0.392 e. The summed E-state index contributed by atoms with van der Waals surface area (Å²) >= 11 is 0. The summed E-state index contributed by atoms with van der Waals surface area (Å²) in [6, 6.07) is 11.3. The molecular formula is C22H27FN6O4S. The summed E-state index contributed by atoms with van der Waals surface area (Å²) in [5.74, 6) is 4.02. The SMILES string of the molecule is CC.CS(=O)C(C[C@H]1CC(c2ccc(-c3ccc(/C(N=N)=N/N)cc3)c(F)c2)=NO1)C(=O)NO. The number of hydrazone groups is 1. The first-order chi connectivity index (χ1) is 16.4. The van der Waals surface area contributed by atoms with E-state index in [1.165, 1.54) is 17.8 Å². The highest BCUT2D eigenvalue weighted by Gasteiger charge is 2.31. The number of amides is 1. The van der Waals surface area contributed by atoms with Crippen molar-refractivity contribution in [3.63, 3.8) is 0 Å². The van der Waals surface area contributed by atoms with Crippen molar-refractivity contribution in [2.24, 2.45) is 21.2 Å². The summed E-state index contributed by atoms with van der Waals surface area (Å²) in [4.78, 5) is 17.0. The maximum absolute atomic E-state index is 14.8. The van der Waals surface area contributed by atoms with Crippen LogP contribution in [0.1, 0.15) is 37.8 Å². The molecule has 0 aromatic heterocycles. The molecule has 2 unspecified atom stereocenters. The number of oxime groups is 1. The highest BCUT2D eigenvalue weighted by Crippen LogP contribution is 2.27. The molecule has 12 heteroatoms. The predicted molar refractivity (Wildman–Crippen MR) is 127 cm³/mol. The number of hydrogen-bond acceptors (Lipinski definition) is 8. The lowest BCUT2D eigenvalue weighted by Gasteiger charge is -2.15. The van der Waals surface area contributed by atoms with Gasteiger partial charge in [-0.05, 0) is 11.6 Å². The minimum Gasteiger partial charge on any atom is -0.392 e. The van der Waals surface area contributed by atoms with Gasteiger partial charge in [-0.2, -0.15) is 5.10 Å². The summed E-state index contributed by atoms with van der Waals surface area (Å²) in [5, 5.41) is 18.5. The summed E-state index contributed by atoms with van der Waals surface area (Å²) in [6.07, 6.45) is 1.24. The maximum atomic E-state index is 14.8. The second-order valence-electron chi connectivity index (χ2n) is 7.01. The first-order valence-corrected chi connectivity index (χ1v) is 12.0. The van der Waals surface area contributed by atoms with Gasteiger partial charge in [-0.15, -0.1) is 5.11 Å². The van der Waals surface area contributed by atoms with Gasteiger partial charge in [0.25, 0.3) is 5.91 Å². The number of carbonyl (C=O) groups excluding carboxylic acids is 1. The van der Waals surface area contributed by atoms with Gasteiger partial charge in [0.2, 0.25) is 0 Å². The maximum Gasteiger partial charge on any atom is 0.259 e. The van der Waals surface area contributed by atoms with E-state index in [-0.39, 0.29) is 12.3 Å². The van der Waals surface area contributed by atoms with Crippen LogP contribution in [-0.4, -0.2) is 44.5 Å². The Morgan fingerprint density at radius 3 is 2.50 bits per heavy atom. The molecule has 0 fully saturated rings. The third-order valence-electron chi connectivity index (χ3n) is 5.00. The van der Waals surface area contributed by atoms with Gasteiger partial charge < -0.3 is 10.7 Å². The number of nitrogens with two attached hydrogens (primary N) is 1. The number of nitrogens with one attached hydrogen (secondary N) is 2. The highest BCUT2D eigenvalue weighted by molar-refractivity contribution is 7.85. The van der Waals surface area contributed by atoms with Crippen LogP contribution in [0.25, 0.3) is 11.1 Å². The van der Waals surface area contributed by atoms with Crippen LogP contribution in [0.3, 0.4) is 0 Å². The van der Waals surface area contributed by atoms with Crippen molar-refractivity contribution in [2.75, 3.05) is 6.26 Å². The van der Waals surface area contributed by atoms with E-state index in [0.717, 1.165) is 0 Å². The van der Waals surface area contributed by atoms with Crippen LogP contribution < -0.4 is 11.3 Å². The number of halogens is 1. The number of hydrogen-bond donors (Lipinski definition) is 4. The molecule has 1 aliphatic rings. The average Bonchev–Trinajstić information content (AvgIpc) is 3.33. The van der Waals surface area contributed by atoms with Crippen LogP contribution in [0.5, 0.6) is 0 Å². The van der Waals surface area contributed by atoms with Gasteiger partial charge in [-0.25, -0.2) is 15.4 Å². The van der Waals surface area contributed by atoms with Crippen molar-refractivity contribution in [3.8, 4) is 11.1 Å². The van der Waals surface area contributed by atoms with Crippen LogP contribution >= 0.6 is 0 Å². The van der Waals surface area contributed by atoms with E-state index in [1.54, 1.807) is 36.4 Å². The van der Waals surface area contributed by atoms with Gasteiger partial charge in [0.05, 0.1) is 5.71 Å². The van der Waals surface area contributed by atoms with Crippen LogP contribution in [0.15, 0.2) is 57.8 Å². The van der Waals surface area contributed by atoms with E-state index >= 15 is 0 Å². The van der Waals surface area contributed by atoms with E-state index in [0.29, 0.717) is 34.4 Å².